The summed E-state index contributed by atoms with van der Waals surface area (Å²) in [6.45, 7) is 0.328. The highest BCUT2D eigenvalue weighted by molar-refractivity contribution is 9.10. The summed E-state index contributed by atoms with van der Waals surface area (Å²) in [7, 11) is 4.55. The summed E-state index contributed by atoms with van der Waals surface area (Å²) in [5.74, 6) is 0.430. The van der Waals surface area contributed by atoms with Gasteiger partial charge in [0, 0.05) is 22.6 Å². The van der Waals surface area contributed by atoms with Crippen LogP contribution in [0.3, 0.4) is 0 Å². The third-order valence-corrected chi connectivity index (χ3v) is 6.16. The van der Waals surface area contributed by atoms with E-state index in [4.69, 9.17) is 24.1 Å². The van der Waals surface area contributed by atoms with Crippen LogP contribution in [0.2, 0.25) is 0 Å². The molecule has 2 N–H and O–H groups in total. The number of halogens is 1. The lowest BCUT2D eigenvalue weighted by atomic mass is 10.1. The van der Waals surface area contributed by atoms with Gasteiger partial charge in [0.1, 0.15) is 29.7 Å². The van der Waals surface area contributed by atoms with Crippen LogP contribution in [-0.4, -0.2) is 38.3 Å². The number of ether oxygens (including phenoxy) is 4. The molecular weight excluding hydrogens is 556 g/mol. The van der Waals surface area contributed by atoms with Gasteiger partial charge in [0.15, 0.2) is 11.5 Å². The number of benzene rings is 3. The van der Waals surface area contributed by atoms with Crippen LogP contribution < -0.4 is 24.3 Å². The number of methoxy groups -OCH3 is 3. The molecule has 0 radical (unpaired) electrons. The van der Waals surface area contributed by atoms with Crippen molar-refractivity contribution in [1.29, 1.82) is 5.26 Å². The first-order valence-corrected chi connectivity index (χ1v) is 12.0. The molecule has 3 aromatic carbocycles. The predicted octanol–water partition coefficient (Wildman–Crippen LogP) is 4.98. The standard InChI is InChI=1S/C28H25BrN2O7/c1-35-22-9-8-19(24(12-22)36-2)15-31-27(32)21(14-30)10-20-11-25(37-3)26(13-23(20)29)38-16-17-4-6-18(7-5-17)28(33)34/h4-13H,15-16H2,1-3H3,(H,31,32)(H,33,34)/b21-10+. The smallest absolute Gasteiger partial charge is 0.335 e. The second-order valence-electron chi connectivity index (χ2n) is 7.85. The maximum Gasteiger partial charge on any atom is 0.335 e. The Balaban J connectivity index is 1.74. The molecule has 0 aliphatic heterocycles. The SMILES string of the molecule is COc1ccc(CNC(=O)/C(C#N)=C/c2cc(OC)c(OCc3ccc(C(=O)O)cc3)cc2Br)c(OC)c1. The first-order valence-electron chi connectivity index (χ1n) is 11.2. The Labute approximate surface area is 228 Å². The molecular formula is C28H25BrN2O7. The topological polar surface area (TPSA) is 127 Å². The molecule has 0 heterocycles. The van der Waals surface area contributed by atoms with Crippen molar-refractivity contribution in [2.45, 2.75) is 13.2 Å². The molecule has 10 heteroatoms. The molecule has 38 heavy (non-hydrogen) atoms. The summed E-state index contributed by atoms with van der Waals surface area (Å²) < 4.78 is 22.4. The molecule has 0 aliphatic carbocycles. The molecule has 3 aromatic rings. The zero-order chi connectivity index (χ0) is 27.7. The van der Waals surface area contributed by atoms with E-state index in [-0.39, 0.29) is 24.3 Å². The summed E-state index contributed by atoms with van der Waals surface area (Å²) >= 11 is 3.46. The molecule has 3 rings (SSSR count). The fourth-order valence-corrected chi connectivity index (χ4v) is 3.85. The van der Waals surface area contributed by atoms with E-state index in [1.807, 2.05) is 6.07 Å². The molecule has 0 fully saturated rings. The molecule has 1 amide bonds. The normalized spacial score (nSPS) is 10.8. The number of carboxylic acids is 1. The summed E-state index contributed by atoms with van der Waals surface area (Å²) in [5.41, 5.74) is 2.11. The fraction of sp³-hybridized carbons (Fsp3) is 0.179. The highest BCUT2D eigenvalue weighted by atomic mass is 79.9. The van der Waals surface area contributed by atoms with Crippen molar-refractivity contribution in [3.8, 4) is 29.1 Å². The number of amides is 1. The van der Waals surface area contributed by atoms with Crippen LogP contribution in [0.25, 0.3) is 6.08 Å². The van der Waals surface area contributed by atoms with E-state index in [1.54, 1.807) is 49.6 Å². The molecule has 196 valence electrons. The highest BCUT2D eigenvalue weighted by Crippen LogP contribution is 2.35. The van der Waals surface area contributed by atoms with Crippen molar-refractivity contribution < 1.29 is 33.6 Å². The van der Waals surface area contributed by atoms with Gasteiger partial charge in [-0.3, -0.25) is 4.79 Å². The van der Waals surface area contributed by atoms with Gasteiger partial charge in [-0.25, -0.2) is 4.79 Å². The molecule has 0 unspecified atom stereocenters. The maximum atomic E-state index is 12.8. The van der Waals surface area contributed by atoms with E-state index in [0.717, 1.165) is 11.1 Å². The molecule has 0 atom stereocenters. The van der Waals surface area contributed by atoms with Crippen molar-refractivity contribution in [2.24, 2.45) is 0 Å². The molecule has 0 aromatic heterocycles. The number of carbonyl (C=O) groups is 2. The van der Waals surface area contributed by atoms with Gasteiger partial charge in [0.05, 0.1) is 26.9 Å². The predicted molar refractivity (Wildman–Crippen MR) is 143 cm³/mol. The van der Waals surface area contributed by atoms with Crippen LogP contribution in [0.4, 0.5) is 0 Å². The Kier molecular flexibility index (Phi) is 9.73. The molecule has 0 bridgehead atoms. The van der Waals surface area contributed by atoms with E-state index in [0.29, 0.717) is 33.0 Å². The lowest BCUT2D eigenvalue weighted by Crippen LogP contribution is -2.24. The second-order valence-corrected chi connectivity index (χ2v) is 8.70. The van der Waals surface area contributed by atoms with E-state index < -0.39 is 11.9 Å². The molecule has 0 spiro atoms. The summed E-state index contributed by atoms with van der Waals surface area (Å²) in [6.07, 6.45) is 1.45. The first-order chi connectivity index (χ1) is 18.3. The quantitative estimate of drug-likeness (QED) is 0.240. The average Bonchev–Trinajstić information content (AvgIpc) is 2.94. The number of carboxylic acid groups (broad SMARTS) is 1. The van der Waals surface area contributed by atoms with E-state index in [9.17, 15) is 14.9 Å². The Morgan fingerprint density at radius 1 is 0.974 bits per heavy atom. The number of nitriles is 1. The van der Waals surface area contributed by atoms with Crippen LogP contribution >= 0.6 is 15.9 Å². The maximum absolute atomic E-state index is 12.8. The Hall–Kier alpha value is -4.49. The van der Waals surface area contributed by atoms with Crippen LogP contribution in [-0.2, 0) is 17.9 Å². The van der Waals surface area contributed by atoms with Crippen molar-refractivity contribution >= 4 is 33.9 Å². The van der Waals surface area contributed by atoms with Gasteiger partial charge in [-0.05, 0) is 53.6 Å². The molecule has 0 saturated heterocycles. The zero-order valence-electron chi connectivity index (χ0n) is 20.9. The van der Waals surface area contributed by atoms with Gasteiger partial charge in [0.2, 0.25) is 0 Å². The minimum Gasteiger partial charge on any atom is -0.497 e. The van der Waals surface area contributed by atoms with E-state index >= 15 is 0 Å². The van der Waals surface area contributed by atoms with E-state index in [2.05, 4.69) is 21.2 Å². The second kappa shape index (κ2) is 13.2. The van der Waals surface area contributed by atoms with Crippen molar-refractivity contribution in [3.05, 3.63) is 86.9 Å². The minimum atomic E-state index is -1.00. The molecule has 0 aliphatic rings. The largest absolute Gasteiger partial charge is 0.497 e. The fourth-order valence-electron chi connectivity index (χ4n) is 3.41. The number of rotatable bonds is 11. The summed E-state index contributed by atoms with van der Waals surface area (Å²) in [4.78, 5) is 23.8. The van der Waals surface area contributed by atoms with Gasteiger partial charge in [-0.1, -0.05) is 28.1 Å². The van der Waals surface area contributed by atoms with E-state index in [1.165, 1.54) is 32.4 Å². The van der Waals surface area contributed by atoms with Gasteiger partial charge in [-0.2, -0.15) is 5.26 Å². The number of carbonyl (C=O) groups excluding carboxylic acids is 1. The number of hydrogen-bond acceptors (Lipinski definition) is 7. The monoisotopic (exact) mass is 580 g/mol. The number of hydrogen-bond donors (Lipinski definition) is 2. The van der Waals surface area contributed by atoms with Crippen LogP contribution in [0.1, 0.15) is 27.0 Å². The number of aromatic carboxylic acids is 1. The van der Waals surface area contributed by atoms with Gasteiger partial charge in [-0.15, -0.1) is 0 Å². The first kappa shape index (κ1) is 28.1. The van der Waals surface area contributed by atoms with Gasteiger partial charge < -0.3 is 29.4 Å². The third kappa shape index (κ3) is 7.05. The van der Waals surface area contributed by atoms with Gasteiger partial charge in [0.25, 0.3) is 5.91 Å². The van der Waals surface area contributed by atoms with Crippen LogP contribution in [0.15, 0.2) is 64.6 Å². The lowest BCUT2D eigenvalue weighted by Gasteiger charge is -2.13. The molecule has 0 saturated carbocycles. The molecule has 9 nitrogen and oxygen atoms in total. The summed E-state index contributed by atoms with van der Waals surface area (Å²) in [5, 5.41) is 21.4. The van der Waals surface area contributed by atoms with Crippen LogP contribution in [0, 0.1) is 11.3 Å². The highest BCUT2D eigenvalue weighted by Gasteiger charge is 2.15. The Bertz CT molecular complexity index is 1400. The van der Waals surface area contributed by atoms with Gasteiger partial charge >= 0.3 is 5.97 Å². The summed E-state index contributed by atoms with van der Waals surface area (Å²) in [6, 6.07) is 16.8. The van der Waals surface area contributed by atoms with Crippen molar-refractivity contribution in [3.63, 3.8) is 0 Å². The average molecular weight is 581 g/mol. The van der Waals surface area contributed by atoms with Crippen molar-refractivity contribution in [2.75, 3.05) is 21.3 Å². The third-order valence-electron chi connectivity index (χ3n) is 5.48. The minimum absolute atomic E-state index is 0.104. The lowest BCUT2D eigenvalue weighted by molar-refractivity contribution is -0.117. The Morgan fingerprint density at radius 2 is 1.68 bits per heavy atom. The number of nitrogens with one attached hydrogen (secondary N) is 1. The van der Waals surface area contributed by atoms with Crippen molar-refractivity contribution in [1.82, 2.24) is 5.32 Å². The zero-order valence-corrected chi connectivity index (χ0v) is 22.5. The number of nitrogens with zero attached hydrogens (tertiary/aromatic N) is 1. The Morgan fingerprint density at radius 3 is 2.29 bits per heavy atom. The van der Waals surface area contributed by atoms with Crippen LogP contribution in [0.5, 0.6) is 23.0 Å².